The Kier molecular flexibility index (Phi) is 6.72. The van der Waals surface area contributed by atoms with Crippen molar-refractivity contribution in [1.29, 1.82) is 0 Å². The van der Waals surface area contributed by atoms with E-state index < -0.39 is 0 Å². The van der Waals surface area contributed by atoms with Gasteiger partial charge in [0.15, 0.2) is 0 Å². The van der Waals surface area contributed by atoms with E-state index in [2.05, 4.69) is 44.9 Å². The highest BCUT2D eigenvalue weighted by Gasteiger charge is 2.25. The van der Waals surface area contributed by atoms with Gasteiger partial charge < -0.3 is 14.8 Å². The number of carbonyl (C=O) groups is 1. The molecule has 2 aromatic rings. The van der Waals surface area contributed by atoms with E-state index in [0.717, 1.165) is 53.0 Å². The third-order valence-electron chi connectivity index (χ3n) is 4.90. The minimum absolute atomic E-state index is 0. The Morgan fingerprint density at radius 3 is 2.56 bits per heavy atom. The van der Waals surface area contributed by atoms with E-state index in [4.69, 9.17) is 0 Å². The van der Waals surface area contributed by atoms with Crippen molar-refractivity contribution >= 4 is 34.2 Å². The monoisotopic (exact) mass is 425 g/mol. The zero-order valence-electron chi connectivity index (χ0n) is 14.9. The molecule has 1 N–H and O–H groups in total. The Morgan fingerprint density at radius 2 is 1.92 bits per heavy atom. The van der Waals surface area contributed by atoms with E-state index in [1.54, 1.807) is 0 Å². The van der Waals surface area contributed by atoms with Gasteiger partial charge in [0.25, 0.3) is 5.91 Å². The highest BCUT2D eigenvalue weighted by atomic mass is 79.9. The molecule has 25 heavy (non-hydrogen) atoms. The second-order valence-electron chi connectivity index (χ2n) is 6.50. The Morgan fingerprint density at radius 1 is 1.24 bits per heavy atom. The molecule has 0 spiro atoms. The highest BCUT2D eigenvalue weighted by molar-refractivity contribution is 9.10. The number of carbonyl (C=O) groups excluding carboxylic acids is 1. The summed E-state index contributed by atoms with van der Waals surface area (Å²) in [6.07, 6.45) is 2.04. The molecule has 0 unspecified atom stereocenters. The number of hydrogen-bond donors (Lipinski definition) is 1. The molecule has 1 amide bonds. The van der Waals surface area contributed by atoms with Crippen molar-refractivity contribution in [3.05, 3.63) is 51.8 Å². The summed E-state index contributed by atoms with van der Waals surface area (Å²) in [7, 11) is 1.93. The summed E-state index contributed by atoms with van der Waals surface area (Å²) in [6.45, 7) is 6.05. The molecule has 3 rings (SSSR count). The largest absolute Gasteiger partial charge is 0.339 e. The summed E-state index contributed by atoms with van der Waals surface area (Å²) < 4.78 is 3.18. The van der Waals surface area contributed by atoms with Crippen LogP contribution in [-0.2, 0) is 0 Å². The second-order valence-corrected chi connectivity index (χ2v) is 7.41. The molecule has 0 aliphatic carbocycles. The second kappa shape index (κ2) is 8.39. The van der Waals surface area contributed by atoms with Gasteiger partial charge in [0.05, 0.1) is 5.56 Å². The molecule has 1 saturated heterocycles. The van der Waals surface area contributed by atoms with Crippen molar-refractivity contribution in [3.8, 4) is 5.69 Å². The fourth-order valence-corrected chi connectivity index (χ4v) is 3.93. The van der Waals surface area contributed by atoms with Crippen LogP contribution in [0.5, 0.6) is 0 Å². The van der Waals surface area contributed by atoms with E-state index in [-0.39, 0.29) is 18.3 Å². The quantitative estimate of drug-likeness (QED) is 0.802. The molecule has 1 aromatic carbocycles. The van der Waals surface area contributed by atoms with Gasteiger partial charge in [-0.15, -0.1) is 12.4 Å². The number of nitrogens with zero attached hydrogens (tertiary/aromatic N) is 2. The van der Waals surface area contributed by atoms with Crippen molar-refractivity contribution in [2.24, 2.45) is 0 Å². The van der Waals surface area contributed by atoms with Gasteiger partial charge in [-0.3, -0.25) is 4.79 Å². The van der Waals surface area contributed by atoms with Crippen molar-refractivity contribution in [1.82, 2.24) is 14.8 Å². The molecular weight excluding hydrogens is 402 g/mol. The number of halogens is 2. The lowest BCUT2D eigenvalue weighted by molar-refractivity contribution is 0.0702. The zero-order chi connectivity index (χ0) is 17.3. The molecule has 1 fully saturated rings. The predicted molar refractivity (Wildman–Crippen MR) is 108 cm³/mol. The minimum Gasteiger partial charge on any atom is -0.339 e. The smallest absolute Gasteiger partial charge is 0.255 e. The van der Waals surface area contributed by atoms with Gasteiger partial charge in [-0.2, -0.15) is 0 Å². The number of aryl methyl sites for hydroxylation is 1. The van der Waals surface area contributed by atoms with Gasteiger partial charge in [-0.1, -0.05) is 22.0 Å². The molecule has 2 heterocycles. The molecule has 1 aliphatic heterocycles. The van der Waals surface area contributed by atoms with E-state index in [1.165, 1.54) is 0 Å². The number of amides is 1. The van der Waals surface area contributed by atoms with Crippen LogP contribution in [0, 0.1) is 13.8 Å². The summed E-state index contributed by atoms with van der Waals surface area (Å²) in [4.78, 5) is 14.9. The zero-order valence-corrected chi connectivity index (χ0v) is 17.3. The molecular formula is C19H25BrClN3O. The SMILES string of the molecule is Cc1cc(C(=O)N(C)C2CCNCC2)c(C)n1-c1cccc(Br)c1.Cl. The molecule has 0 saturated carbocycles. The Bertz CT molecular complexity index is 753. The molecule has 1 aliphatic rings. The van der Waals surface area contributed by atoms with Crippen LogP contribution in [0.3, 0.4) is 0 Å². The molecule has 4 nitrogen and oxygen atoms in total. The molecule has 0 bridgehead atoms. The first kappa shape index (κ1) is 20.0. The topological polar surface area (TPSA) is 37.3 Å². The average Bonchev–Trinajstić information content (AvgIpc) is 2.89. The number of hydrogen-bond acceptors (Lipinski definition) is 2. The first-order chi connectivity index (χ1) is 11.5. The van der Waals surface area contributed by atoms with Crippen molar-refractivity contribution in [3.63, 3.8) is 0 Å². The molecule has 6 heteroatoms. The van der Waals surface area contributed by atoms with Crippen LogP contribution in [0.25, 0.3) is 5.69 Å². The van der Waals surface area contributed by atoms with E-state index >= 15 is 0 Å². The van der Waals surface area contributed by atoms with Gasteiger partial charge >= 0.3 is 0 Å². The number of aromatic nitrogens is 1. The maximum absolute atomic E-state index is 13.0. The Labute approximate surface area is 164 Å². The fourth-order valence-electron chi connectivity index (χ4n) is 3.54. The lowest BCUT2D eigenvalue weighted by atomic mass is 10.0. The van der Waals surface area contributed by atoms with Crippen LogP contribution in [-0.4, -0.2) is 41.6 Å². The van der Waals surface area contributed by atoms with Crippen LogP contribution in [0.15, 0.2) is 34.8 Å². The van der Waals surface area contributed by atoms with Crippen LogP contribution in [0.1, 0.15) is 34.6 Å². The third kappa shape index (κ3) is 4.10. The van der Waals surface area contributed by atoms with Crippen molar-refractivity contribution in [2.45, 2.75) is 32.7 Å². The maximum Gasteiger partial charge on any atom is 0.255 e. The van der Waals surface area contributed by atoms with E-state index in [0.29, 0.717) is 6.04 Å². The number of piperidine rings is 1. The third-order valence-corrected chi connectivity index (χ3v) is 5.40. The van der Waals surface area contributed by atoms with Crippen LogP contribution in [0.2, 0.25) is 0 Å². The molecule has 1 aromatic heterocycles. The number of benzene rings is 1. The highest BCUT2D eigenvalue weighted by Crippen LogP contribution is 2.25. The summed E-state index contributed by atoms with van der Waals surface area (Å²) in [5.74, 6) is 0.122. The lowest BCUT2D eigenvalue weighted by Crippen LogP contribution is -2.44. The molecule has 0 atom stereocenters. The standard InChI is InChI=1S/C19H24BrN3O.ClH/c1-13-11-18(19(24)22(3)16-7-9-21-10-8-16)14(2)23(13)17-6-4-5-15(20)12-17;/h4-6,11-12,16,21H,7-10H2,1-3H3;1H. The van der Waals surface area contributed by atoms with Crippen molar-refractivity contribution < 1.29 is 4.79 Å². The van der Waals surface area contributed by atoms with Crippen LogP contribution < -0.4 is 5.32 Å². The summed E-state index contributed by atoms with van der Waals surface area (Å²) in [6, 6.07) is 10.5. The average molecular weight is 427 g/mol. The number of rotatable bonds is 3. The van der Waals surface area contributed by atoms with Gasteiger partial charge in [-0.05, 0) is 64.0 Å². The maximum atomic E-state index is 13.0. The minimum atomic E-state index is 0. The predicted octanol–water partition coefficient (Wildman–Crippen LogP) is 4.10. The van der Waals surface area contributed by atoms with Crippen LogP contribution >= 0.6 is 28.3 Å². The van der Waals surface area contributed by atoms with Crippen LogP contribution in [0.4, 0.5) is 0 Å². The van der Waals surface area contributed by atoms with Gasteiger partial charge in [0, 0.05) is 34.6 Å². The Balaban J connectivity index is 0.00000225. The van der Waals surface area contributed by atoms with E-state index in [1.807, 2.05) is 37.1 Å². The van der Waals surface area contributed by atoms with Crippen molar-refractivity contribution in [2.75, 3.05) is 20.1 Å². The van der Waals surface area contributed by atoms with Gasteiger partial charge in [0.1, 0.15) is 0 Å². The normalized spacial score (nSPS) is 14.9. The first-order valence-corrected chi connectivity index (χ1v) is 9.21. The summed E-state index contributed by atoms with van der Waals surface area (Å²) in [5, 5.41) is 3.35. The molecule has 0 radical (unpaired) electrons. The Hall–Kier alpha value is -1.30. The van der Waals surface area contributed by atoms with Gasteiger partial charge in [0.2, 0.25) is 0 Å². The van der Waals surface area contributed by atoms with Gasteiger partial charge in [-0.25, -0.2) is 0 Å². The summed E-state index contributed by atoms with van der Waals surface area (Å²) >= 11 is 3.53. The molecule has 136 valence electrons. The fraction of sp³-hybridized carbons (Fsp3) is 0.421. The summed E-state index contributed by atoms with van der Waals surface area (Å²) in [5.41, 5.74) is 3.94. The lowest BCUT2D eigenvalue weighted by Gasteiger charge is -2.31. The van der Waals surface area contributed by atoms with E-state index in [9.17, 15) is 4.79 Å². The first-order valence-electron chi connectivity index (χ1n) is 8.42. The number of nitrogens with one attached hydrogen (secondary N) is 1.